The van der Waals surface area contributed by atoms with Gasteiger partial charge in [-0.05, 0) is 50.0 Å². The molecule has 1 fully saturated rings. The third kappa shape index (κ3) is 7.79. The molecule has 32 heavy (non-hydrogen) atoms. The Hall–Kier alpha value is -2.67. The van der Waals surface area contributed by atoms with E-state index in [1.54, 1.807) is 11.6 Å². The number of carbonyl (C=O) groups excluding carboxylic acids is 3. The highest BCUT2D eigenvalue weighted by Crippen LogP contribution is 2.26. The van der Waals surface area contributed by atoms with Crippen LogP contribution in [0.2, 0.25) is 0 Å². The molecule has 1 aliphatic carbocycles. The molecule has 7 heteroatoms. The molecule has 1 aliphatic rings. The van der Waals surface area contributed by atoms with Gasteiger partial charge in [0.05, 0.1) is 11.8 Å². The topological polar surface area (TPSA) is 105 Å². The number of nitrogens with one attached hydrogen (secondary N) is 2. The number of carbonyl (C=O) groups is 3. The molecule has 1 unspecified atom stereocenters. The van der Waals surface area contributed by atoms with Crippen molar-refractivity contribution in [1.29, 1.82) is 0 Å². The minimum Gasteiger partial charge on any atom is -0.461 e. The van der Waals surface area contributed by atoms with Gasteiger partial charge >= 0.3 is 5.97 Å². The first kappa shape index (κ1) is 25.6. The zero-order valence-electron chi connectivity index (χ0n) is 19.1. The molecule has 2 amide bonds. The van der Waals surface area contributed by atoms with Crippen LogP contribution in [0, 0.1) is 17.8 Å². The largest absolute Gasteiger partial charge is 0.461 e. The summed E-state index contributed by atoms with van der Waals surface area (Å²) in [7, 11) is 0. The van der Waals surface area contributed by atoms with E-state index in [0.717, 1.165) is 31.2 Å². The first-order valence-electron chi connectivity index (χ1n) is 11.4. The Kier molecular flexibility index (Phi) is 10.4. The molecule has 0 radical (unpaired) electrons. The standard InChI is InChI=1S/C25H36N2O5/c1-4-10-20(24(29)27-31)21(15-17(2)3)23(28)26-22(16-18-11-6-5-7-12-18)25(30)32-19-13-8-9-14-19/h4-7,11-12,17,19-22,31H,1,8-10,13-16H2,2-3H3,(H,26,28)(H,27,29)/t20?,21-,22+/m1/s1. The van der Waals surface area contributed by atoms with Crippen molar-refractivity contribution in [2.75, 3.05) is 0 Å². The molecule has 0 aromatic heterocycles. The second kappa shape index (κ2) is 13.0. The van der Waals surface area contributed by atoms with Gasteiger partial charge in [0, 0.05) is 6.42 Å². The van der Waals surface area contributed by atoms with E-state index >= 15 is 0 Å². The summed E-state index contributed by atoms with van der Waals surface area (Å²) in [6, 6.07) is 8.58. The number of hydroxylamine groups is 1. The van der Waals surface area contributed by atoms with Gasteiger partial charge in [0.1, 0.15) is 12.1 Å². The SMILES string of the molecule is C=CCC(C(=O)NO)[C@@H](CC(C)C)C(=O)N[C@@H](Cc1ccccc1)C(=O)OC1CCCC1. The summed E-state index contributed by atoms with van der Waals surface area (Å²) >= 11 is 0. The average molecular weight is 445 g/mol. The lowest BCUT2D eigenvalue weighted by molar-refractivity contribution is -0.153. The molecule has 2 rings (SSSR count). The van der Waals surface area contributed by atoms with Crippen LogP contribution in [0.5, 0.6) is 0 Å². The van der Waals surface area contributed by atoms with E-state index in [0.29, 0.717) is 12.8 Å². The lowest BCUT2D eigenvalue weighted by Crippen LogP contribution is -2.49. The fraction of sp³-hybridized carbons (Fsp3) is 0.560. The third-order valence-corrected chi connectivity index (χ3v) is 5.88. The smallest absolute Gasteiger partial charge is 0.329 e. The fourth-order valence-electron chi connectivity index (χ4n) is 4.25. The molecule has 0 bridgehead atoms. The number of hydrogen-bond donors (Lipinski definition) is 3. The van der Waals surface area contributed by atoms with Crippen LogP contribution in [0.25, 0.3) is 0 Å². The highest BCUT2D eigenvalue weighted by atomic mass is 16.5. The lowest BCUT2D eigenvalue weighted by atomic mass is 9.82. The predicted octanol–water partition coefficient (Wildman–Crippen LogP) is 3.56. The Morgan fingerprint density at radius 1 is 1.12 bits per heavy atom. The molecule has 0 spiro atoms. The van der Waals surface area contributed by atoms with Crippen molar-refractivity contribution < 1.29 is 24.3 Å². The monoisotopic (exact) mass is 444 g/mol. The van der Waals surface area contributed by atoms with Gasteiger partial charge in [-0.25, -0.2) is 10.3 Å². The van der Waals surface area contributed by atoms with Gasteiger partial charge in [0.2, 0.25) is 11.8 Å². The van der Waals surface area contributed by atoms with Crippen molar-refractivity contribution in [3.63, 3.8) is 0 Å². The summed E-state index contributed by atoms with van der Waals surface area (Å²) in [5.41, 5.74) is 2.56. The molecule has 3 N–H and O–H groups in total. The molecule has 176 valence electrons. The Balaban J connectivity index is 2.23. The van der Waals surface area contributed by atoms with E-state index in [-0.39, 0.29) is 18.4 Å². The van der Waals surface area contributed by atoms with E-state index < -0.39 is 35.7 Å². The van der Waals surface area contributed by atoms with Crippen molar-refractivity contribution >= 4 is 17.8 Å². The van der Waals surface area contributed by atoms with Crippen molar-refractivity contribution in [2.45, 2.75) is 70.9 Å². The summed E-state index contributed by atoms with van der Waals surface area (Å²) in [5.74, 6) is -2.88. The number of esters is 1. The Bertz CT molecular complexity index is 759. The molecule has 0 aliphatic heterocycles. The summed E-state index contributed by atoms with van der Waals surface area (Å²) in [5, 5.41) is 12.0. The maximum absolute atomic E-state index is 13.3. The number of benzene rings is 1. The first-order valence-corrected chi connectivity index (χ1v) is 11.4. The number of rotatable bonds is 12. The first-order chi connectivity index (χ1) is 15.3. The molecule has 1 aromatic carbocycles. The minimum atomic E-state index is -0.860. The molecular weight excluding hydrogens is 408 g/mol. The molecule has 1 aromatic rings. The van der Waals surface area contributed by atoms with Gasteiger partial charge in [0.25, 0.3) is 0 Å². The van der Waals surface area contributed by atoms with E-state index in [4.69, 9.17) is 4.74 Å². The van der Waals surface area contributed by atoms with Crippen molar-refractivity contribution in [3.8, 4) is 0 Å². The average Bonchev–Trinajstić information content (AvgIpc) is 3.28. The molecule has 3 atom stereocenters. The number of hydrogen-bond acceptors (Lipinski definition) is 5. The third-order valence-electron chi connectivity index (χ3n) is 5.88. The summed E-state index contributed by atoms with van der Waals surface area (Å²) < 4.78 is 5.69. The highest BCUT2D eigenvalue weighted by molar-refractivity contribution is 5.90. The van der Waals surface area contributed by atoms with Gasteiger partial charge in [-0.2, -0.15) is 0 Å². The van der Waals surface area contributed by atoms with Gasteiger partial charge in [0.15, 0.2) is 0 Å². The zero-order valence-corrected chi connectivity index (χ0v) is 19.1. The second-order valence-corrected chi connectivity index (χ2v) is 8.94. The van der Waals surface area contributed by atoms with Crippen LogP contribution in [-0.2, 0) is 25.5 Å². The van der Waals surface area contributed by atoms with Crippen molar-refractivity contribution in [2.24, 2.45) is 17.8 Å². The van der Waals surface area contributed by atoms with Crippen LogP contribution < -0.4 is 10.8 Å². The van der Waals surface area contributed by atoms with Gasteiger partial charge < -0.3 is 10.1 Å². The van der Waals surface area contributed by atoms with E-state index in [1.807, 2.05) is 44.2 Å². The van der Waals surface area contributed by atoms with Gasteiger partial charge in [-0.15, -0.1) is 6.58 Å². The van der Waals surface area contributed by atoms with Crippen LogP contribution >= 0.6 is 0 Å². The van der Waals surface area contributed by atoms with E-state index in [1.165, 1.54) is 0 Å². The maximum atomic E-state index is 13.3. The summed E-state index contributed by atoms with van der Waals surface area (Å²) in [6.45, 7) is 7.59. The second-order valence-electron chi connectivity index (χ2n) is 8.94. The van der Waals surface area contributed by atoms with Crippen molar-refractivity contribution in [3.05, 3.63) is 48.6 Å². The van der Waals surface area contributed by atoms with Crippen LogP contribution in [0.1, 0.15) is 57.9 Å². The summed E-state index contributed by atoms with van der Waals surface area (Å²) in [4.78, 5) is 38.6. The Labute approximate surface area is 190 Å². The summed E-state index contributed by atoms with van der Waals surface area (Å²) in [6.07, 6.45) is 6.13. The Morgan fingerprint density at radius 3 is 2.34 bits per heavy atom. The molecule has 7 nitrogen and oxygen atoms in total. The fourth-order valence-corrected chi connectivity index (χ4v) is 4.25. The van der Waals surface area contributed by atoms with Crippen LogP contribution in [0.4, 0.5) is 0 Å². The molecular formula is C25H36N2O5. The van der Waals surface area contributed by atoms with Crippen LogP contribution in [-0.4, -0.2) is 35.1 Å². The number of ether oxygens (including phenoxy) is 1. The van der Waals surface area contributed by atoms with Crippen molar-refractivity contribution in [1.82, 2.24) is 10.8 Å². The highest BCUT2D eigenvalue weighted by Gasteiger charge is 2.36. The predicted molar refractivity (Wildman–Crippen MR) is 122 cm³/mol. The molecule has 0 heterocycles. The van der Waals surface area contributed by atoms with Gasteiger partial charge in [-0.3, -0.25) is 14.8 Å². The minimum absolute atomic E-state index is 0.113. The van der Waals surface area contributed by atoms with Gasteiger partial charge in [-0.1, -0.05) is 50.3 Å². The maximum Gasteiger partial charge on any atom is 0.329 e. The van der Waals surface area contributed by atoms with Crippen LogP contribution in [0.15, 0.2) is 43.0 Å². The normalized spacial score (nSPS) is 16.8. The quantitative estimate of drug-likeness (QED) is 0.198. The lowest BCUT2D eigenvalue weighted by Gasteiger charge is -2.28. The molecule has 0 saturated heterocycles. The van der Waals surface area contributed by atoms with E-state index in [9.17, 15) is 19.6 Å². The number of amides is 2. The number of allylic oxidation sites excluding steroid dienone is 1. The zero-order chi connectivity index (χ0) is 23.5. The van der Waals surface area contributed by atoms with Crippen LogP contribution in [0.3, 0.4) is 0 Å². The molecule has 1 saturated carbocycles. The Morgan fingerprint density at radius 2 is 1.78 bits per heavy atom. The van der Waals surface area contributed by atoms with E-state index in [2.05, 4.69) is 11.9 Å².